The Bertz CT molecular complexity index is 395. The van der Waals surface area contributed by atoms with Crippen LogP contribution in [0, 0.1) is 6.92 Å². The highest BCUT2D eigenvalue weighted by Gasteiger charge is 2.24. The number of benzene rings is 1. The highest BCUT2D eigenvalue weighted by atomic mass is 16.2. The first-order valence-corrected chi connectivity index (χ1v) is 5.04. The van der Waals surface area contributed by atoms with Crippen LogP contribution in [0.4, 0.5) is 0 Å². The highest BCUT2D eigenvalue weighted by Crippen LogP contribution is 2.11. The minimum absolute atomic E-state index is 0.0409. The molecule has 0 bridgehead atoms. The summed E-state index contributed by atoms with van der Waals surface area (Å²) in [5.74, 6) is 0.108. The van der Waals surface area contributed by atoms with Crippen molar-refractivity contribution in [2.24, 2.45) is 0 Å². The van der Waals surface area contributed by atoms with Crippen LogP contribution >= 0.6 is 0 Å². The molecule has 15 heavy (non-hydrogen) atoms. The molecule has 1 aliphatic rings. The molecule has 0 spiro atoms. The molecule has 0 unspecified atom stereocenters. The van der Waals surface area contributed by atoms with Crippen LogP contribution in [-0.2, 0) is 4.79 Å². The topological polar surface area (TPSA) is 37.4 Å². The molecule has 1 fully saturated rings. The fourth-order valence-corrected chi connectivity index (χ4v) is 1.68. The van der Waals surface area contributed by atoms with Gasteiger partial charge in [-0.1, -0.05) is 17.7 Å². The molecular weight excluding hydrogens is 190 g/mol. The van der Waals surface area contributed by atoms with Crippen LogP contribution in [0.25, 0.3) is 0 Å². The van der Waals surface area contributed by atoms with Crippen LogP contribution < -0.4 is 0 Å². The number of ketones is 1. The number of rotatable bonds is 1. The molecule has 1 aromatic rings. The maximum atomic E-state index is 11.9. The zero-order valence-electron chi connectivity index (χ0n) is 8.69. The zero-order chi connectivity index (χ0) is 10.8. The van der Waals surface area contributed by atoms with Crippen LogP contribution in [0.2, 0.25) is 0 Å². The molecule has 3 heteroatoms. The summed E-state index contributed by atoms with van der Waals surface area (Å²) in [7, 11) is 0. The number of hydrogen-bond donors (Lipinski definition) is 0. The number of likely N-dealkylation sites (tertiary alicyclic amines) is 1. The number of aryl methyl sites for hydroxylation is 1. The van der Waals surface area contributed by atoms with Crippen molar-refractivity contribution in [3.8, 4) is 0 Å². The number of amides is 1. The maximum Gasteiger partial charge on any atom is 0.254 e. The molecule has 1 saturated heterocycles. The summed E-state index contributed by atoms with van der Waals surface area (Å²) < 4.78 is 0. The average molecular weight is 203 g/mol. The first-order valence-electron chi connectivity index (χ1n) is 5.04. The van der Waals surface area contributed by atoms with E-state index in [1.807, 2.05) is 19.1 Å². The fourth-order valence-electron chi connectivity index (χ4n) is 1.68. The van der Waals surface area contributed by atoms with Gasteiger partial charge in [0.15, 0.2) is 5.78 Å². The van der Waals surface area contributed by atoms with Gasteiger partial charge in [-0.25, -0.2) is 0 Å². The van der Waals surface area contributed by atoms with Crippen LogP contribution in [0.5, 0.6) is 0 Å². The number of Topliss-reactive ketones (excluding diaryl/α,β-unsaturated/α-hetero) is 1. The maximum absolute atomic E-state index is 11.9. The predicted molar refractivity (Wildman–Crippen MR) is 56.7 cm³/mol. The van der Waals surface area contributed by atoms with Crippen LogP contribution in [0.3, 0.4) is 0 Å². The Balaban J connectivity index is 2.14. The first-order chi connectivity index (χ1) is 7.16. The molecule has 3 nitrogen and oxygen atoms in total. The minimum Gasteiger partial charge on any atom is -0.331 e. The van der Waals surface area contributed by atoms with E-state index < -0.39 is 0 Å². The van der Waals surface area contributed by atoms with E-state index in [9.17, 15) is 9.59 Å². The molecule has 0 aliphatic carbocycles. The van der Waals surface area contributed by atoms with E-state index in [-0.39, 0.29) is 18.2 Å². The lowest BCUT2D eigenvalue weighted by Gasteiger charge is -2.14. The van der Waals surface area contributed by atoms with Gasteiger partial charge in [0.2, 0.25) is 0 Å². The molecule has 0 N–H and O–H groups in total. The number of carbonyl (C=O) groups is 2. The van der Waals surface area contributed by atoms with Crippen molar-refractivity contribution in [3.05, 3.63) is 35.4 Å². The van der Waals surface area contributed by atoms with Gasteiger partial charge in [-0.3, -0.25) is 9.59 Å². The standard InChI is InChI=1S/C12H13NO2/c1-9-2-4-10(5-3-9)12(15)13-7-6-11(14)8-13/h2-5H,6-8H2,1H3. The van der Waals surface area contributed by atoms with Crippen molar-refractivity contribution in [2.75, 3.05) is 13.1 Å². The van der Waals surface area contributed by atoms with Gasteiger partial charge < -0.3 is 4.90 Å². The summed E-state index contributed by atoms with van der Waals surface area (Å²) in [6.07, 6.45) is 0.498. The average Bonchev–Trinajstić information content (AvgIpc) is 2.65. The van der Waals surface area contributed by atoms with E-state index >= 15 is 0 Å². The SMILES string of the molecule is Cc1ccc(C(=O)N2CCC(=O)C2)cc1. The number of nitrogens with zero attached hydrogens (tertiary/aromatic N) is 1. The fraction of sp³-hybridized carbons (Fsp3) is 0.333. The van der Waals surface area contributed by atoms with E-state index in [4.69, 9.17) is 0 Å². The Kier molecular flexibility index (Phi) is 2.54. The molecule has 1 amide bonds. The third-order valence-electron chi connectivity index (χ3n) is 2.61. The van der Waals surface area contributed by atoms with Crippen molar-refractivity contribution >= 4 is 11.7 Å². The van der Waals surface area contributed by atoms with Crippen molar-refractivity contribution < 1.29 is 9.59 Å². The molecule has 1 aromatic carbocycles. The lowest BCUT2D eigenvalue weighted by molar-refractivity contribution is -0.116. The van der Waals surface area contributed by atoms with Gasteiger partial charge in [0.1, 0.15) is 0 Å². The Labute approximate surface area is 88.7 Å². The van der Waals surface area contributed by atoms with Gasteiger partial charge in [-0.2, -0.15) is 0 Å². The lowest BCUT2D eigenvalue weighted by Crippen LogP contribution is -2.28. The van der Waals surface area contributed by atoms with E-state index in [0.717, 1.165) is 5.56 Å². The number of carbonyl (C=O) groups excluding carboxylic acids is 2. The monoisotopic (exact) mass is 203 g/mol. The largest absolute Gasteiger partial charge is 0.331 e. The summed E-state index contributed by atoms with van der Waals surface area (Å²) in [6.45, 7) is 2.81. The Morgan fingerprint density at radius 1 is 1.27 bits per heavy atom. The van der Waals surface area contributed by atoms with Gasteiger partial charge in [-0.15, -0.1) is 0 Å². The second-order valence-electron chi connectivity index (χ2n) is 3.88. The van der Waals surface area contributed by atoms with Crippen molar-refractivity contribution in [2.45, 2.75) is 13.3 Å². The normalized spacial score (nSPS) is 15.8. The van der Waals surface area contributed by atoms with E-state index in [0.29, 0.717) is 18.5 Å². The van der Waals surface area contributed by atoms with Gasteiger partial charge in [-0.05, 0) is 19.1 Å². The van der Waals surface area contributed by atoms with Crippen LogP contribution in [-0.4, -0.2) is 29.7 Å². The Morgan fingerprint density at radius 2 is 1.93 bits per heavy atom. The summed E-state index contributed by atoms with van der Waals surface area (Å²) in [4.78, 5) is 24.5. The Hall–Kier alpha value is -1.64. The molecule has 0 saturated carbocycles. The summed E-state index contributed by atoms with van der Waals surface area (Å²) in [5.41, 5.74) is 1.79. The molecule has 0 aromatic heterocycles. The minimum atomic E-state index is -0.0409. The smallest absolute Gasteiger partial charge is 0.254 e. The molecular formula is C12H13NO2. The van der Waals surface area contributed by atoms with Crippen molar-refractivity contribution in [1.29, 1.82) is 0 Å². The summed E-state index contributed by atoms with van der Waals surface area (Å²) in [6, 6.07) is 7.43. The molecule has 1 aliphatic heterocycles. The quantitative estimate of drug-likeness (QED) is 0.692. The van der Waals surface area contributed by atoms with Crippen LogP contribution in [0.15, 0.2) is 24.3 Å². The summed E-state index contributed by atoms with van der Waals surface area (Å²) >= 11 is 0. The summed E-state index contributed by atoms with van der Waals surface area (Å²) in [5, 5.41) is 0. The molecule has 0 radical (unpaired) electrons. The number of hydrogen-bond acceptors (Lipinski definition) is 2. The van der Waals surface area contributed by atoms with Crippen molar-refractivity contribution in [3.63, 3.8) is 0 Å². The highest BCUT2D eigenvalue weighted by molar-refractivity contribution is 5.98. The van der Waals surface area contributed by atoms with Gasteiger partial charge in [0.05, 0.1) is 6.54 Å². The third kappa shape index (κ3) is 2.06. The lowest BCUT2D eigenvalue weighted by atomic mass is 10.1. The van der Waals surface area contributed by atoms with Crippen LogP contribution in [0.1, 0.15) is 22.3 Å². The third-order valence-corrected chi connectivity index (χ3v) is 2.61. The first kappa shape index (κ1) is 9.90. The molecule has 0 atom stereocenters. The molecule has 1 heterocycles. The van der Waals surface area contributed by atoms with E-state index in [2.05, 4.69) is 0 Å². The predicted octanol–water partition coefficient (Wildman–Crippen LogP) is 1.41. The second kappa shape index (κ2) is 3.85. The van der Waals surface area contributed by atoms with Crippen molar-refractivity contribution in [1.82, 2.24) is 4.90 Å². The Morgan fingerprint density at radius 3 is 2.47 bits per heavy atom. The molecule has 78 valence electrons. The van der Waals surface area contributed by atoms with Gasteiger partial charge in [0, 0.05) is 18.5 Å². The van der Waals surface area contributed by atoms with Gasteiger partial charge in [0.25, 0.3) is 5.91 Å². The molecule has 2 rings (SSSR count). The van der Waals surface area contributed by atoms with Gasteiger partial charge >= 0.3 is 0 Å². The zero-order valence-corrected chi connectivity index (χ0v) is 8.69. The second-order valence-corrected chi connectivity index (χ2v) is 3.88. The van der Waals surface area contributed by atoms with E-state index in [1.165, 1.54) is 0 Å². The van der Waals surface area contributed by atoms with E-state index in [1.54, 1.807) is 17.0 Å².